The Kier molecular flexibility index (Phi) is 2.75. The van der Waals surface area contributed by atoms with Crippen LogP contribution in [0.3, 0.4) is 0 Å². The third-order valence-corrected chi connectivity index (χ3v) is 3.06. The molecule has 1 saturated heterocycles. The number of piperazine rings is 1. The van der Waals surface area contributed by atoms with E-state index in [2.05, 4.69) is 34.4 Å². The van der Waals surface area contributed by atoms with E-state index >= 15 is 0 Å². The Hall–Kier alpha value is -0.940. The molecule has 5 nitrogen and oxygen atoms in total. The van der Waals surface area contributed by atoms with E-state index in [1.165, 1.54) is 0 Å². The first-order chi connectivity index (χ1) is 7.09. The van der Waals surface area contributed by atoms with Gasteiger partial charge in [0.25, 0.3) is 0 Å². The molecule has 0 aliphatic carbocycles. The lowest BCUT2D eigenvalue weighted by atomic mass is 10.00. The zero-order valence-electron chi connectivity index (χ0n) is 9.58. The SMILES string of the molecule is Cc1nonc1CN1CCNCC1(C)C. The molecule has 1 fully saturated rings. The van der Waals surface area contributed by atoms with Crippen LogP contribution in [0, 0.1) is 6.92 Å². The molecule has 1 N–H and O–H groups in total. The molecule has 0 aromatic carbocycles. The summed E-state index contributed by atoms with van der Waals surface area (Å²) < 4.78 is 4.71. The predicted octanol–water partition coefficient (Wildman–Crippen LogP) is 0.562. The van der Waals surface area contributed by atoms with E-state index in [9.17, 15) is 0 Å². The molecule has 84 valence electrons. The Morgan fingerprint density at radius 2 is 2.27 bits per heavy atom. The highest BCUT2D eigenvalue weighted by atomic mass is 16.6. The zero-order valence-corrected chi connectivity index (χ0v) is 9.58. The third-order valence-electron chi connectivity index (χ3n) is 3.06. The van der Waals surface area contributed by atoms with Crippen molar-refractivity contribution >= 4 is 0 Å². The van der Waals surface area contributed by atoms with Crippen LogP contribution in [0.2, 0.25) is 0 Å². The average molecular weight is 210 g/mol. The first kappa shape index (κ1) is 10.6. The van der Waals surface area contributed by atoms with Gasteiger partial charge in [-0.3, -0.25) is 4.90 Å². The first-order valence-electron chi connectivity index (χ1n) is 5.33. The smallest absolute Gasteiger partial charge is 0.122 e. The van der Waals surface area contributed by atoms with E-state index in [-0.39, 0.29) is 5.54 Å². The second-order valence-electron chi connectivity index (χ2n) is 4.71. The van der Waals surface area contributed by atoms with Crippen LogP contribution in [-0.2, 0) is 6.54 Å². The van der Waals surface area contributed by atoms with Gasteiger partial charge in [-0.1, -0.05) is 10.3 Å². The normalized spacial score (nSPS) is 21.8. The van der Waals surface area contributed by atoms with Crippen LogP contribution >= 0.6 is 0 Å². The summed E-state index contributed by atoms with van der Waals surface area (Å²) in [5.41, 5.74) is 2.01. The maximum Gasteiger partial charge on any atom is 0.122 e. The molecule has 2 rings (SSSR count). The molecule has 0 atom stereocenters. The minimum Gasteiger partial charge on any atom is -0.314 e. The molecular weight excluding hydrogens is 192 g/mol. The second-order valence-corrected chi connectivity index (χ2v) is 4.71. The summed E-state index contributed by atoms with van der Waals surface area (Å²) in [4.78, 5) is 2.41. The van der Waals surface area contributed by atoms with Crippen molar-refractivity contribution in [1.29, 1.82) is 0 Å². The highest BCUT2D eigenvalue weighted by Crippen LogP contribution is 2.19. The maximum atomic E-state index is 4.71. The summed E-state index contributed by atoms with van der Waals surface area (Å²) in [6, 6.07) is 0. The number of nitrogens with one attached hydrogen (secondary N) is 1. The van der Waals surface area contributed by atoms with Crippen LogP contribution in [0.5, 0.6) is 0 Å². The van der Waals surface area contributed by atoms with Gasteiger partial charge < -0.3 is 5.32 Å². The Morgan fingerprint density at radius 1 is 1.47 bits per heavy atom. The standard InChI is InChI=1S/C10H18N4O/c1-8-9(13-15-12-8)6-14-5-4-11-7-10(14,2)3/h11H,4-7H2,1-3H3. The lowest BCUT2D eigenvalue weighted by molar-refractivity contribution is 0.0800. The van der Waals surface area contributed by atoms with Crippen molar-refractivity contribution in [3.05, 3.63) is 11.4 Å². The Morgan fingerprint density at radius 3 is 2.87 bits per heavy atom. The highest BCUT2D eigenvalue weighted by Gasteiger charge is 2.30. The fraction of sp³-hybridized carbons (Fsp3) is 0.800. The maximum absolute atomic E-state index is 4.71. The van der Waals surface area contributed by atoms with Gasteiger partial charge in [-0.15, -0.1) is 0 Å². The molecular formula is C10H18N4O. The minimum absolute atomic E-state index is 0.170. The molecule has 5 heteroatoms. The summed E-state index contributed by atoms with van der Waals surface area (Å²) in [6.07, 6.45) is 0. The summed E-state index contributed by atoms with van der Waals surface area (Å²) in [5.74, 6) is 0. The molecule has 0 radical (unpaired) electrons. The molecule has 0 saturated carbocycles. The number of hydrogen-bond acceptors (Lipinski definition) is 5. The van der Waals surface area contributed by atoms with Gasteiger partial charge in [0.05, 0.1) is 0 Å². The van der Waals surface area contributed by atoms with Crippen LogP contribution in [0.25, 0.3) is 0 Å². The van der Waals surface area contributed by atoms with Gasteiger partial charge in [0.2, 0.25) is 0 Å². The van der Waals surface area contributed by atoms with Crippen molar-refractivity contribution in [2.75, 3.05) is 19.6 Å². The number of hydrogen-bond donors (Lipinski definition) is 1. The van der Waals surface area contributed by atoms with E-state index in [4.69, 9.17) is 4.63 Å². The van der Waals surface area contributed by atoms with Gasteiger partial charge >= 0.3 is 0 Å². The van der Waals surface area contributed by atoms with E-state index in [1.807, 2.05) is 6.92 Å². The number of rotatable bonds is 2. The zero-order chi connectivity index (χ0) is 10.9. The number of aryl methyl sites for hydroxylation is 1. The van der Waals surface area contributed by atoms with Crippen LogP contribution < -0.4 is 5.32 Å². The van der Waals surface area contributed by atoms with Crippen molar-refractivity contribution < 1.29 is 4.63 Å². The van der Waals surface area contributed by atoms with Crippen LogP contribution in [0.4, 0.5) is 0 Å². The van der Waals surface area contributed by atoms with Crippen molar-refractivity contribution in [1.82, 2.24) is 20.5 Å². The predicted molar refractivity (Wildman–Crippen MR) is 56.4 cm³/mol. The summed E-state index contributed by atoms with van der Waals surface area (Å²) in [7, 11) is 0. The van der Waals surface area contributed by atoms with Gasteiger partial charge in [-0.2, -0.15) is 0 Å². The summed E-state index contributed by atoms with van der Waals surface area (Å²) in [6.45, 7) is 10.3. The summed E-state index contributed by atoms with van der Waals surface area (Å²) in [5, 5.41) is 11.1. The average Bonchev–Trinajstić information content (AvgIpc) is 2.56. The van der Waals surface area contributed by atoms with Gasteiger partial charge in [-0.05, 0) is 20.8 Å². The highest BCUT2D eigenvalue weighted by molar-refractivity contribution is 5.06. The molecule has 0 unspecified atom stereocenters. The molecule has 1 aliphatic rings. The molecule has 1 aliphatic heterocycles. The lowest BCUT2D eigenvalue weighted by Crippen LogP contribution is -2.57. The lowest BCUT2D eigenvalue weighted by Gasteiger charge is -2.42. The number of aromatic nitrogens is 2. The van der Waals surface area contributed by atoms with Crippen LogP contribution in [-0.4, -0.2) is 40.4 Å². The molecule has 1 aromatic rings. The minimum atomic E-state index is 0.170. The second kappa shape index (κ2) is 3.90. The Balaban J connectivity index is 2.07. The van der Waals surface area contributed by atoms with Crippen molar-refractivity contribution in [2.45, 2.75) is 32.9 Å². The molecule has 0 bridgehead atoms. The number of nitrogens with zero attached hydrogens (tertiary/aromatic N) is 3. The largest absolute Gasteiger partial charge is 0.314 e. The van der Waals surface area contributed by atoms with Gasteiger partial charge in [0.1, 0.15) is 11.4 Å². The van der Waals surface area contributed by atoms with Gasteiger partial charge in [-0.25, -0.2) is 4.63 Å². The van der Waals surface area contributed by atoms with E-state index in [0.717, 1.165) is 37.6 Å². The molecule has 0 spiro atoms. The van der Waals surface area contributed by atoms with E-state index in [0.29, 0.717) is 0 Å². The molecule has 1 aromatic heterocycles. The van der Waals surface area contributed by atoms with Gasteiger partial charge in [0.15, 0.2) is 0 Å². The third kappa shape index (κ3) is 2.18. The van der Waals surface area contributed by atoms with E-state index < -0.39 is 0 Å². The quantitative estimate of drug-likeness (QED) is 0.773. The summed E-state index contributed by atoms with van der Waals surface area (Å²) >= 11 is 0. The Bertz CT molecular complexity index is 334. The fourth-order valence-electron chi connectivity index (χ4n) is 1.89. The fourth-order valence-corrected chi connectivity index (χ4v) is 1.89. The van der Waals surface area contributed by atoms with Crippen LogP contribution in [0.1, 0.15) is 25.2 Å². The van der Waals surface area contributed by atoms with E-state index in [1.54, 1.807) is 0 Å². The molecule has 15 heavy (non-hydrogen) atoms. The first-order valence-corrected chi connectivity index (χ1v) is 5.33. The van der Waals surface area contributed by atoms with Crippen molar-refractivity contribution in [3.8, 4) is 0 Å². The monoisotopic (exact) mass is 210 g/mol. The molecule has 2 heterocycles. The topological polar surface area (TPSA) is 54.2 Å². The van der Waals surface area contributed by atoms with Gasteiger partial charge in [0, 0.05) is 31.7 Å². The van der Waals surface area contributed by atoms with Crippen LogP contribution in [0.15, 0.2) is 4.63 Å². The van der Waals surface area contributed by atoms with Crippen molar-refractivity contribution in [3.63, 3.8) is 0 Å². The van der Waals surface area contributed by atoms with Crippen molar-refractivity contribution in [2.24, 2.45) is 0 Å². The molecule has 0 amide bonds. The Labute approximate surface area is 89.8 Å².